The Hall–Kier alpha value is -1.08. The molecule has 7 heteroatoms. The Morgan fingerprint density at radius 2 is 2.32 bits per heavy atom. The summed E-state index contributed by atoms with van der Waals surface area (Å²) in [6, 6.07) is 0.200. The van der Waals surface area contributed by atoms with E-state index in [0.717, 1.165) is 23.8 Å². The second kappa shape index (κ2) is 6.38. The average Bonchev–Trinajstić information content (AvgIpc) is 3.15. The van der Waals surface area contributed by atoms with Crippen molar-refractivity contribution in [1.29, 1.82) is 0 Å². The predicted molar refractivity (Wildman–Crippen MR) is 73.0 cm³/mol. The van der Waals surface area contributed by atoms with Crippen molar-refractivity contribution in [2.45, 2.75) is 43.9 Å². The third-order valence-corrected chi connectivity index (χ3v) is 4.13. The SMILES string of the molecule is CCOC(=O)C(CSc1nnc(C)n1C)NC1CC1. The molecule has 1 aromatic rings. The van der Waals surface area contributed by atoms with Crippen LogP contribution in [0.2, 0.25) is 0 Å². The van der Waals surface area contributed by atoms with E-state index in [4.69, 9.17) is 4.74 Å². The first-order valence-electron chi connectivity index (χ1n) is 6.53. The molecule has 0 aromatic carbocycles. The summed E-state index contributed by atoms with van der Waals surface area (Å²) in [6.07, 6.45) is 2.29. The predicted octanol–water partition coefficient (Wildman–Crippen LogP) is 0.899. The van der Waals surface area contributed by atoms with Crippen LogP contribution in [0.5, 0.6) is 0 Å². The maximum absolute atomic E-state index is 11.9. The number of aromatic nitrogens is 3. The monoisotopic (exact) mass is 284 g/mol. The van der Waals surface area contributed by atoms with Crippen LogP contribution in [-0.2, 0) is 16.6 Å². The number of hydrogen-bond acceptors (Lipinski definition) is 6. The van der Waals surface area contributed by atoms with Crippen LogP contribution in [0.4, 0.5) is 0 Å². The number of aryl methyl sites for hydroxylation is 1. The van der Waals surface area contributed by atoms with E-state index in [1.807, 2.05) is 25.5 Å². The summed E-state index contributed by atoms with van der Waals surface area (Å²) in [5.41, 5.74) is 0. The molecule has 1 aliphatic rings. The molecule has 106 valence electrons. The molecule has 1 atom stereocenters. The lowest BCUT2D eigenvalue weighted by atomic mass is 10.3. The van der Waals surface area contributed by atoms with E-state index >= 15 is 0 Å². The van der Waals surface area contributed by atoms with Gasteiger partial charge in [0, 0.05) is 18.8 Å². The number of nitrogens with one attached hydrogen (secondary N) is 1. The van der Waals surface area contributed by atoms with Gasteiger partial charge in [-0.05, 0) is 26.7 Å². The van der Waals surface area contributed by atoms with E-state index in [1.54, 1.807) is 0 Å². The van der Waals surface area contributed by atoms with Crippen LogP contribution in [0.1, 0.15) is 25.6 Å². The summed E-state index contributed by atoms with van der Waals surface area (Å²) in [6.45, 7) is 4.14. The van der Waals surface area contributed by atoms with Gasteiger partial charge in [0.2, 0.25) is 0 Å². The number of rotatable bonds is 7. The molecule has 0 aliphatic heterocycles. The summed E-state index contributed by atoms with van der Waals surface area (Å²) < 4.78 is 7.02. The standard InChI is InChI=1S/C12H20N4O2S/c1-4-18-11(17)10(13-9-5-6-9)7-19-12-15-14-8(2)16(12)3/h9-10,13H,4-7H2,1-3H3. The molecule has 1 saturated carbocycles. The van der Waals surface area contributed by atoms with E-state index in [1.165, 1.54) is 11.8 Å². The Morgan fingerprint density at radius 1 is 1.58 bits per heavy atom. The molecule has 6 nitrogen and oxygen atoms in total. The number of hydrogen-bond donors (Lipinski definition) is 1. The van der Waals surface area contributed by atoms with Gasteiger partial charge in [0.15, 0.2) is 5.16 Å². The Kier molecular flexibility index (Phi) is 4.81. The fraction of sp³-hybridized carbons (Fsp3) is 0.750. The molecule has 2 rings (SSSR count). The van der Waals surface area contributed by atoms with Crippen molar-refractivity contribution in [3.8, 4) is 0 Å². The minimum atomic E-state index is -0.269. The fourth-order valence-electron chi connectivity index (χ4n) is 1.63. The van der Waals surface area contributed by atoms with Crippen molar-refractivity contribution in [2.24, 2.45) is 7.05 Å². The van der Waals surface area contributed by atoms with E-state index in [0.29, 0.717) is 18.4 Å². The maximum Gasteiger partial charge on any atom is 0.324 e. The fourth-order valence-corrected chi connectivity index (χ4v) is 2.61. The summed E-state index contributed by atoms with van der Waals surface area (Å²) >= 11 is 1.53. The first-order chi connectivity index (χ1) is 9.11. The number of ether oxygens (including phenoxy) is 1. The number of esters is 1. The van der Waals surface area contributed by atoms with E-state index in [-0.39, 0.29) is 12.0 Å². The molecular weight excluding hydrogens is 264 g/mol. The lowest BCUT2D eigenvalue weighted by Gasteiger charge is -2.16. The largest absolute Gasteiger partial charge is 0.465 e. The zero-order valence-corrected chi connectivity index (χ0v) is 12.4. The summed E-state index contributed by atoms with van der Waals surface area (Å²) in [7, 11) is 1.92. The smallest absolute Gasteiger partial charge is 0.324 e. The van der Waals surface area contributed by atoms with Crippen LogP contribution >= 0.6 is 11.8 Å². The normalized spacial score (nSPS) is 16.4. The molecular formula is C12H20N4O2S. The van der Waals surface area contributed by atoms with Crippen LogP contribution in [-0.4, -0.2) is 45.2 Å². The lowest BCUT2D eigenvalue weighted by molar-refractivity contribution is -0.145. The third-order valence-electron chi connectivity index (χ3n) is 3.02. The minimum Gasteiger partial charge on any atom is -0.465 e. The van der Waals surface area contributed by atoms with Crippen molar-refractivity contribution in [1.82, 2.24) is 20.1 Å². The van der Waals surface area contributed by atoms with Crippen LogP contribution in [0.25, 0.3) is 0 Å². The van der Waals surface area contributed by atoms with Gasteiger partial charge in [-0.1, -0.05) is 11.8 Å². The molecule has 1 unspecified atom stereocenters. The highest BCUT2D eigenvalue weighted by atomic mass is 32.2. The molecule has 1 N–H and O–H groups in total. The highest BCUT2D eigenvalue weighted by Crippen LogP contribution is 2.22. The van der Waals surface area contributed by atoms with Crippen molar-refractivity contribution >= 4 is 17.7 Å². The third kappa shape index (κ3) is 3.94. The van der Waals surface area contributed by atoms with E-state index in [2.05, 4.69) is 15.5 Å². The molecule has 0 saturated heterocycles. The molecule has 0 amide bonds. The van der Waals surface area contributed by atoms with Gasteiger partial charge in [0.25, 0.3) is 0 Å². The van der Waals surface area contributed by atoms with Gasteiger partial charge in [-0.25, -0.2) is 0 Å². The summed E-state index contributed by atoms with van der Waals surface area (Å²) in [5, 5.41) is 12.2. The molecule has 1 aromatic heterocycles. The van der Waals surface area contributed by atoms with Gasteiger partial charge in [-0.3, -0.25) is 4.79 Å². The number of carbonyl (C=O) groups excluding carboxylic acids is 1. The Morgan fingerprint density at radius 3 is 2.84 bits per heavy atom. The van der Waals surface area contributed by atoms with Gasteiger partial charge in [0.05, 0.1) is 6.61 Å². The quantitative estimate of drug-likeness (QED) is 0.592. The first kappa shape index (κ1) is 14.3. The maximum atomic E-state index is 11.9. The topological polar surface area (TPSA) is 69.0 Å². The average molecular weight is 284 g/mol. The molecule has 0 spiro atoms. The highest BCUT2D eigenvalue weighted by molar-refractivity contribution is 7.99. The van der Waals surface area contributed by atoms with Gasteiger partial charge in [0.1, 0.15) is 11.9 Å². The second-order valence-corrected chi connectivity index (χ2v) is 5.63. The van der Waals surface area contributed by atoms with Crippen molar-refractivity contribution < 1.29 is 9.53 Å². The molecule has 1 heterocycles. The molecule has 0 radical (unpaired) electrons. The van der Waals surface area contributed by atoms with Crippen LogP contribution < -0.4 is 5.32 Å². The number of thioether (sulfide) groups is 1. The highest BCUT2D eigenvalue weighted by Gasteiger charge is 2.29. The molecule has 1 aliphatic carbocycles. The van der Waals surface area contributed by atoms with E-state index in [9.17, 15) is 4.79 Å². The molecule has 1 fully saturated rings. The van der Waals surface area contributed by atoms with Gasteiger partial charge in [-0.2, -0.15) is 0 Å². The second-order valence-electron chi connectivity index (χ2n) is 4.65. The zero-order chi connectivity index (χ0) is 13.8. The van der Waals surface area contributed by atoms with Gasteiger partial charge < -0.3 is 14.6 Å². The molecule has 19 heavy (non-hydrogen) atoms. The Labute approximate surface area is 117 Å². The summed E-state index contributed by atoms with van der Waals surface area (Å²) in [4.78, 5) is 11.9. The Balaban J connectivity index is 1.91. The Bertz CT molecular complexity index is 445. The van der Waals surface area contributed by atoms with Crippen molar-refractivity contribution in [2.75, 3.05) is 12.4 Å². The zero-order valence-electron chi connectivity index (χ0n) is 11.5. The van der Waals surface area contributed by atoms with Gasteiger partial charge in [-0.15, -0.1) is 10.2 Å². The molecule has 0 bridgehead atoms. The lowest BCUT2D eigenvalue weighted by Crippen LogP contribution is -2.41. The van der Waals surface area contributed by atoms with Crippen LogP contribution in [0.3, 0.4) is 0 Å². The number of carbonyl (C=O) groups is 1. The summed E-state index contributed by atoms with van der Waals surface area (Å²) in [5.74, 6) is 1.30. The van der Waals surface area contributed by atoms with Crippen molar-refractivity contribution in [3.63, 3.8) is 0 Å². The van der Waals surface area contributed by atoms with E-state index < -0.39 is 0 Å². The van der Waals surface area contributed by atoms with Crippen LogP contribution in [0, 0.1) is 6.92 Å². The number of nitrogens with zero attached hydrogens (tertiary/aromatic N) is 3. The first-order valence-corrected chi connectivity index (χ1v) is 7.51. The van der Waals surface area contributed by atoms with Gasteiger partial charge >= 0.3 is 5.97 Å². The van der Waals surface area contributed by atoms with Crippen LogP contribution in [0.15, 0.2) is 5.16 Å². The van der Waals surface area contributed by atoms with Crippen molar-refractivity contribution in [3.05, 3.63) is 5.82 Å². The minimum absolute atomic E-state index is 0.180.